The highest BCUT2D eigenvalue weighted by Crippen LogP contribution is 2.41. The molecular formula is C32H28Cl2N2O3S. The summed E-state index contributed by atoms with van der Waals surface area (Å²) in [5, 5.41) is 13.7. The number of aromatic nitrogens is 1. The first-order valence-electron chi connectivity index (χ1n) is 13.0. The molecule has 3 aromatic carbocycles. The number of thioether (sulfide) groups is 1. The normalized spacial score (nSPS) is 15.5. The van der Waals surface area contributed by atoms with Gasteiger partial charge in [0, 0.05) is 23.7 Å². The highest BCUT2D eigenvalue weighted by molar-refractivity contribution is 8.18. The van der Waals surface area contributed by atoms with Crippen LogP contribution in [0.3, 0.4) is 0 Å². The standard InChI is InChI=1S/C32H28Cl2N2O3S/c1-4-21-7-6-8-24-22(18-36(29(21)24)17-20-11-14-25(33)26(34)15-20)16-27-30(37)28(32(38)39-5-2)31(40-27)35-23-12-9-19(3)10-13-23/h6-16,18,37H,4-5,17H2,1-3H3/b27-16-,35-31?. The number of aliphatic hydroxyl groups is 1. The zero-order valence-electron chi connectivity index (χ0n) is 22.4. The van der Waals surface area contributed by atoms with Crippen molar-refractivity contribution in [2.24, 2.45) is 4.99 Å². The van der Waals surface area contributed by atoms with E-state index in [0.29, 0.717) is 32.2 Å². The Kier molecular flexibility index (Phi) is 8.40. The minimum absolute atomic E-state index is 0.0764. The quantitative estimate of drug-likeness (QED) is 0.218. The van der Waals surface area contributed by atoms with Gasteiger partial charge in [-0.15, -0.1) is 0 Å². The predicted octanol–water partition coefficient (Wildman–Crippen LogP) is 9.06. The summed E-state index contributed by atoms with van der Waals surface area (Å²) in [6, 6.07) is 19.6. The molecule has 0 saturated heterocycles. The SMILES string of the molecule is CCOC(=O)C1=C(O)/C(=C/c2cn(Cc3ccc(Cl)c(Cl)c3)c3c(CC)cccc23)SC1=Nc1ccc(C)cc1. The van der Waals surface area contributed by atoms with E-state index >= 15 is 0 Å². The highest BCUT2D eigenvalue weighted by atomic mass is 35.5. The minimum atomic E-state index is -0.600. The van der Waals surface area contributed by atoms with Crippen LogP contribution in [0.25, 0.3) is 17.0 Å². The van der Waals surface area contributed by atoms with E-state index < -0.39 is 5.97 Å². The van der Waals surface area contributed by atoms with E-state index in [1.54, 1.807) is 13.0 Å². The van der Waals surface area contributed by atoms with Gasteiger partial charge >= 0.3 is 5.97 Å². The number of aryl methyl sites for hydroxylation is 2. The molecule has 1 aliphatic rings. The minimum Gasteiger partial charge on any atom is -0.506 e. The number of nitrogens with zero attached hydrogens (tertiary/aromatic N) is 2. The summed E-state index contributed by atoms with van der Waals surface area (Å²) in [6.07, 6.45) is 4.83. The van der Waals surface area contributed by atoms with Gasteiger partial charge in [0.2, 0.25) is 0 Å². The summed E-state index contributed by atoms with van der Waals surface area (Å²) in [6.45, 7) is 6.65. The van der Waals surface area contributed by atoms with Gasteiger partial charge in [0.25, 0.3) is 0 Å². The Bertz CT molecular complexity index is 1700. The molecule has 0 unspecified atom stereocenters. The molecule has 8 heteroatoms. The second kappa shape index (κ2) is 12.0. The monoisotopic (exact) mass is 590 g/mol. The molecule has 5 rings (SSSR count). The Labute approximate surface area is 247 Å². The molecule has 0 spiro atoms. The van der Waals surface area contributed by atoms with E-state index in [4.69, 9.17) is 27.9 Å². The average Bonchev–Trinajstić information content (AvgIpc) is 3.44. The third-order valence-corrected chi connectivity index (χ3v) is 8.41. The van der Waals surface area contributed by atoms with Crippen molar-refractivity contribution >= 4 is 68.6 Å². The van der Waals surface area contributed by atoms with Crippen LogP contribution in [0.15, 0.2) is 88.1 Å². The van der Waals surface area contributed by atoms with E-state index in [1.165, 1.54) is 17.3 Å². The van der Waals surface area contributed by atoms with Crippen LogP contribution in [0.2, 0.25) is 10.0 Å². The third-order valence-electron chi connectivity index (χ3n) is 6.65. The summed E-state index contributed by atoms with van der Waals surface area (Å²) in [7, 11) is 0. The number of aliphatic hydroxyl groups excluding tert-OH is 1. The molecule has 4 aromatic rings. The lowest BCUT2D eigenvalue weighted by atomic mass is 10.1. The zero-order valence-corrected chi connectivity index (χ0v) is 24.7. The first-order chi connectivity index (χ1) is 19.3. The summed E-state index contributed by atoms with van der Waals surface area (Å²) >= 11 is 13.7. The third kappa shape index (κ3) is 5.71. The Morgan fingerprint density at radius 2 is 1.85 bits per heavy atom. The summed E-state index contributed by atoms with van der Waals surface area (Å²) in [5.74, 6) is -0.733. The van der Waals surface area contributed by atoms with E-state index in [9.17, 15) is 9.90 Å². The Morgan fingerprint density at radius 1 is 1.07 bits per heavy atom. The first kappa shape index (κ1) is 28.1. The number of fused-ring (bicyclic) bond motifs is 1. The van der Waals surface area contributed by atoms with Crippen molar-refractivity contribution < 1.29 is 14.6 Å². The number of para-hydroxylation sites is 1. The number of benzene rings is 3. The number of aliphatic imine (C=N–C) groups is 1. The number of esters is 1. The van der Waals surface area contributed by atoms with Gasteiger partial charge in [-0.05, 0) is 61.7 Å². The van der Waals surface area contributed by atoms with Crippen LogP contribution in [-0.4, -0.2) is 27.3 Å². The molecule has 0 atom stereocenters. The van der Waals surface area contributed by atoms with Crippen LogP contribution in [0.5, 0.6) is 0 Å². The van der Waals surface area contributed by atoms with Crippen molar-refractivity contribution in [1.82, 2.24) is 4.57 Å². The van der Waals surface area contributed by atoms with Gasteiger partial charge in [0.05, 0.1) is 32.8 Å². The van der Waals surface area contributed by atoms with Crippen molar-refractivity contribution in [3.63, 3.8) is 0 Å². The van der Waals surface area contributed by atoms with E-state index in [0.717, 1.165) is 34.0 Å². The Morgan fingerprint density at radius 3 is 2.55 bits per heavy atom. The lowest BCUT2D eigenvalue weighted by Gasteiger charge is -2.09. The summed E-state index contributed by atoms with van der Waals surface area (Å²) in [4.78, 5) is 18.1. The lowest BCUT2D eigenvalue weighted by Crippen LogP contribution is -2.12. The number of hydrogen-bond donors (Lipinski definition) is 1. The molecule has 5 nitrogen and oxygen atoms in total. The fourth-order valence-corrected chi connectivity index (χ4v) is 6.04. The molecule has 204 valence electrons. The number of carbonyl (C=O) groups is 1. The number of ether oxygens (including phenoxy) is 1. The number of carbonyl (C=O) groups excluding carboxylic acids is 1. The van der Waals surface area contributed by atoms with Gasteiger partial charge in [-0.25, -0.2) is 9.79 Å². The van der Waals surface area contributed by atoms with Gasteiger partial charge in [-0.1, -0.05) is 83.8 Å². The first-order valence-corrected chi connectivity index (χ1v) is 14.6. The van der Waals surface area contributed by atoms with Crippen molar-refractivity contribution in [2.75, 3.05) is 6.61 Å². The molecule has 0 aliphatic carbocycles. The fraction of sp³-hybridized carbons (Fsp3) is 0.188. The highest BCUT2D eigenvalue weighted by Gasteiger charge is 2.33. The molecule has 40 heavy (non-hydrogen) atoms. The van der Waals surface area contributed by atoms with Gasteiger partial charge in [0.15, 0.2) is 0 Å². The molecule has 0 radical (unpaired) electrons. The smallest absolute Gasteiger partial charge is 0.344 e. The van der Waals surface area contributed by atoms with Crippen LogP contribution in [0, 0.1) is 6.92 Å². The lowest BCUT2D eigenvalue weighted by molar-refractivity contribution is -0.138. The molecule has 2 heterocycles. The van der Waals surface area contributed by atoms with Crippen molar-refractivity contribution in [3.8, 4) is 0 Å². The predicted molar refractivity (Wildman–Crippen MR) is 167 cm³/mol. The van der Waals surface area contributed by atoms with Crippen LogP contribution in [-0.2, 0) is 22.5 Å². The summed E-state index contributed by atoms with van der Waals surface area (Å²) < 4.78 is 7.46. The number of rotatable bonds is 7. The Hall–Kier alpha value is -3.45. The largest absolute Gasteiger partial charge is 0.506 e. The van der Waals surface area contributed by atoms with Gasteiger partial charge in [-0.3, -0.25) is 0 Å². The fourth-order valence-electron chi connectivity index (χ4n) is 4.69. The maximum atomic E-state index is 12.9. The van der Waals surface area contributed by atoms with E-state index in [-0.39, 0.29) is 17.9 Å². The molecule has 0 bridgehead atoms. The van der Waals surface area contributed by atoms with Gasteiger partial charge in [0.1, 0.15) is 16.4 Å². The molecule has 1 aromatic heterocycles. The molecule has 1 aliphatic heterocycles. The average molecular weight is 592 g/mol. The van der Waals surface area contributed by atoms with Gasteiger partial charge < -0.3 is 14.4 Å². The molecule has 0 saturated carbocycles. The molecular weight excluding hydrogens is 563 g/mol. The number of hydrogen-bond acceptors (Lipinski definition) is 5. The maximum absolute atomic E-state index is 12.9. The topological polar surface area (TPSA) is 63.8 Å². The van der Waals surface area contributed by atoms with Crippen molar-refractivity contribution in [3.05, 3.63) is 115 Å². The second-order valence-corrected chi connectivity index (χ2v) is 11.3. The molecule has 0 fully saturated rings. The van der Waals surface area contributed by atoms with E-state index in [2.05, 4.69) is 34.8 Å². The van der Waals surface area contributed by atoms with E-state index in [1.807, 2.05) is 55.5 Å². The number of halogens is 2. The Balaban J connectivity index is 1.61. The molecule has 0 amide bonds. The zero-order chi connectivity index (χ0) is 28.4. The van der Waals surface area contributed by atoms with Crippen molar-refractivity contribution in [1.29, 1.82) is 0 Å². The van der Waals surface area contributed by atoms with Crippen LogP contribution < -0.4 is 0 Å². The van der Waals surface area contributed by atoms with Crippen LogP contribution in [0.4, 0.5) is 5.69 Å². The second-order valence-electron chi connectivity index (χ2n) is 9.43. The van der Waals surface area contributed by atoms with Crippen LogP contribution >= 0.6 is 35.0 Å². The van der Waals surface area contributed by atoms with Gasteiger partial charge in [-0.2, -0.15) is 0 Å². The summed E-state index contributed by atoms with van der Waals surface area (Å²) in [5.41, 5.74) is 6.12. The maximum Gasteiger partial charge on any atom is 0.344 e. The molecule has 1 N–H and O–H groups in total. The van der Waals surface area contributed by atoms with Crippen molar-refractivity contribution in [2.45, 2.75) is 33.7 Å². The van der Waals surface area contributed by atoms with Crippen LogP contribution in [0.1, 0.15) is 36.1 Å².